The Bertz CT molecular complexity index is 578. The summed E-state index contributed by atoms with van der Waals surface area (Å²) in [5, 5.41) is 9.05. The molecule has 1 aromatic rings. The number of aryl methyl sites for hydroxylation is 2. The van der Waals surface area contributed by atoms with Crippen molar-refractivity contribution >= 4 is 11.7 Å². The molecule has 1 amide bonds. The monoisotopic (exact) mass is 301 g/mol. The summed E-state index contributed by atoms with van der Waals surface area (Å²) in [6.07, 6.45) is 5.87. The van der Waals surface area contributed by atoms with Crippen LogP contribution in [0.5, 0.6) is 0 Å². The van der Waals surface area contributed by atoms with E-state index in [1.165, 1.54) is 17.5 Å². The number of aliphatic hydroxyl groups is 1. The van der Waals surface area contributed by atoms with Crippen molar-refractivity contribution in [2.45, 2.75) is 51.0 Å². The van der Waals surface area contributed by atoms with Gasteiger partial charge >= 0.3 is 0 Å². The number of amides is 1. The van der Waals surface area contributed by atoms with Gasteiger partial charge in [0.25, 0.3) is 0 Å². The third-order valence-corrected chi connectivity index (χ3v) is 4.64. The molecule has 0 spiro atoms. The average molecular weight is 301 g/mol. The number of carbonyl (C=O) groups is 2. The predicted octanol–water partition coefficient (Wildman–Crippen LogP) is 2.12. The van der Waals surface area contributed by atoms with Gasteiger partial charge in [-0.15, -0.1) is 0 Å². The molecule has 0 aliphatic heterocycles. The van der Waals surface area contributed by atoms with Gasteiger partial charge in [-0.2, -0.15) is 0 Å². The van der Waals surface area contributed by atoms with E-state index in [-0.39, 0.29) is 37.2 Å². The molecule has 0 heterocycles. The Kier molecular flexibility index (Phi) is 4.57. The molecule has 4 heteroatoms. The number of benzene rings is 1. The Hall–Kier alpha value is -1.68. The van der Waals surface area contributed by atoms with E-state index in [1.54, 1.807) is 4.90 Å². The third kappa shape index (κ3) is 3.38. The number of fused-ring (bicyclic) bond motifs is 1. The highest BCUT2D eigenvalue weighted by molar-refractivity contribution is 5.98. The number of rotatable bonds is 7. The quantitative estimate of drug-likeness (QED) is 0.785. The topological polar surface area (TPSA) is 57.6 Å². The number of aliphatic hydroxyl groups excluding tert-OH is 1. The zero-order chi connectivity index (χ0) is 15.5. The van der Waals surface area contributed by atoms with E-state index in [2.05, 4.69) is 6.07 Å². The van der Waals surface area contributed by atoms with Crippen molar-refractivity contribution in [3.63, 3.8) is 0 Å². The van der Waals surface area contributed by atoms with Gasteiger partial charge in [-0.3, -0.25) is 9.59 Å². The number of Topliss-reactive ketones (excluding diaryl/α,β-unsaturated/α-hetero) is 1. The summed E-state index contributed by atoms with van der Waals surface area (Å²) in [6, 6.07) is 6.24. The molecule has 0 radical (unpaired) electrons. The maximum Gasteiger partial charge on any atom is 0.223 e. The molecule has 22 heavy (non-hydrogen) atoms. The second-order valence-corrected chi connectivity index (χ2v) is 6.30. The van der Waals surface area contributed by atoms with Gasteiger partial charge in [0, 0.05) is 31.0 Å². The van der Waals surface area contributed by atoms with Gasteiger partial charge in [0.2, 0.25) is 5.91 Å². The van der Waals surface area contributed by atoms with Crippen LogP contribution in [0.1, 0.15) is 53.6 Å². The molecule has 1 fully saturated rings. The van der Waals surface area contributed by atoms with E-state index in [0.717, 1.165) is 31.2 Å². The van der Waals surface area contributed by atoms with Crippen LogP contribution in [0.4, 0.5) is 0 Å². The van der Waals surface area contributed by atoms with Crippen LogP contribution in [-0.2, 0) is 17.6 Å². The van der Waals surface area contributed by atoms with Crippen molar-refractivity contribution in [1.82, 2.24) is 4.90 Å². The average Bonchev–Trinajstić information content (AvgIpc) is 3.26. The summed E-state index contributed by atoms with van der Waals surface area (Å²) in [6.45, 7) is 0.373. The first kappa shape index (κ1) is 15.2. The number of carbonyl (C=O) groups excluding carboxylic acids is 2. The molecule has 0 unspecified atom stereocenters. The minimum atomic E-state index is -0.0129. The fourth-order valence-electron chi connectivity index (χ4n) is 3.26. The first-order chi connectivity index (χ1) is 10.7. The van der Waals surface area contributed by atoms with Crippen molar-refractivity contribution in [2.75, 3.05) is 13.2 Å². The highest BCUT2D eigenvalue weighted by Crippen LogP contribution is 2.27. The van der Waals surface area contributed by atoms with E-state index in [0.29, 0.717) is 6.54 Å². The Morgan fingerprint density at radius 1 is 1.14 bits per heavy atom. The summed E-state index contributed by atoms with van der Waals surface area (Å²) >= 11 is 0. The molecular weight excluding hydrogens is 278 g/mol. The SMILES string of the molecule is O=C(CCC(=O)N(CCO)C1CC1)c1ccc2c(c1)CCC2. The summed E-state index contributed by atoms with van der Waals surface area (Å²) in [5.74, 6) is 0.0360. The summed E-state index contributed by atoms with van der Waals surface area (Å²) < 4.78 is 0. The zero-order valence-corrected chi connectivity index (χ0v) is 12.9. The van der Waals surface area contributed by atoms with Gasteiger partial charge in [-0.05, 0) is 49.3 Å². The van der Waals surface area contributed by atoms with E-state index in [4.69, 9.17) is 5.11 Å². The van der Waals surface area contributed by atoms with Crippen molar-refractivity contribution in [2.24, 2.45) is 0 Å². The molecule has 1 aromatic carbocycles. The smallest absolute Gasteiger partial charge is 0.223 e. The number of nitrogens with zero attached hydrogens (tertiary/aromatic N) is 1. The summed E-state index contributed by atoms with van der Waals surface area (Å²) in [7, 11) is 0. The lowest BCUT2D eigenvalue weighted by Gasteiger charge is -2.21. The van der Waals surface area contributed by atoms with Crippen LogP contribution >= 0.6 is 0 Å². The Morgan fingerprint density at radius 2 is 1.91 bits per heavy atom. The van der Waals surface area contributed by atoms with Crippen LogP contribution in [0.2, 0.25) is 0 Å². The minimum Gasteiger partial charge on any atom is -0.395 e. The van der Waals surface area contributed by atoms with Crippen molar-refractivity contribution in [3.05, 3.63) is 34.9 Å². The van der Waals surface area contributed by atoms with Crippen molar-refractivity contribution < 1.29 is 14.7 Å². The van der Waals surface area contributed by atoms with E-state index in [9.17, 15) is 9.59 Å². The maximum atomic E-state index is 12.3. The second-order valence-electron chi connectivity index (χ2n) is 6.30. The highest BCUT2D eigenvalue weighted by Gasteiger charge is 2.31. The van der Waals surface area contributed by atoms with Gasteiger partial charge < -0.3 is 10.0 Å². The molecular formula is C18H23NO3. The minimum absolute atomic E-state index is 0.00828. The molecule has 118 valence electrons. The lowest BCUT2D eigenvalue weighted by Crippen LogP contribution is -2.35. The van der Waals surface area contributed by atoms with Crippen molar-refractivity contribution in [1.29, 1.82) is 0 Å². The molecule has 1 N–H and O–H groups in total. The fraction of sp³-hybridized carbons (Fsp3) is 0.556. The Morgan fingerprint density at radius 3 is 2.64 bits per heavy atom. The number of ketones is 1. The first-order valence-corrected chi connectivity index (χ1v) is 8.24. The molecule has 0 bridgehead atoms. The summed E-state index contributed by atoms with van der Waals surface area (Å²) in [5.41, 5.74) is 3.38. The Labute approximate surface area is 131 Å². The normalized spacial score (nSPS) is 16.4. The van der Waals surface area contributed by atoms with Crippen LogP contribution in [-0.4, -0.2) is 40.9 Å². The zero-order valence-electron chi connectivity index (χ0n) is 12.9. The fourth-order valence-corrected chi connectivity index (χ4v) is 3.26. The molecule has 4 nitrogen and oxygen atoms in total. The second kappa shape index (κ2) is 6.61. The van der Waals surface area contributed by atoms with Crippen LogP contribution in [0.15, 0.2) is 18.2 Å². The Balaban J connectivity index is 1.56. The number of hydrogen-bond donors (Lipinski definition) is 1. The van der Waals surface area contributed by atoms with Gasteiger partial charge in [-0.25, -0.2) is 0 Å². The van der Waals surface area contributed by atoms with Gasteiger partial charge in [0.05, 0.1) is 6.61 Å². The summed E-state index contributed by atoms with van der Waals surface area (Å²) in [4.78, 5) is 26.2. The largest absolute Gasteiger partial charge is 0.395 e. The predicted molar refractivity (Wildman–Crippen MR) is 83.9 cm³/mol. The molecule has 0 aromatic heterocycles. The maximum absolute atomic E-state index is 12.3. The van der Waals surface area contributed by atoms with E-state index < -0.39 is 0 Å². The van der Waals surface area contributed by atoms with Gasteiger partial charge in [0.15, 0.2) is 5.78 Å². The molecule has 2 aliphatic rings. The molecule has 1 saturated carbocycles. The van der Waals surface area contributed by atoms with E-state index >= 15 is 0 Å². The number of hydrogen-bond acceptors (Lipinski definition) is 3. The lowest BCUT2D eigenvalue weighted by molar-refractivity contribution is -0.132. The molecule has 3 rings (SSSR count). The van der Waals surface area contributed by atoms with Crippen LogP contribution in [0, 0.1) is 0 Å². The van der Waals surface area contributed by atoms with Gasteiger partial charge in [0.1, 0.15) is 0 Å². The van der Waals surface area contributed by atoms with E-state index in [1.807, 2.05) is 12.1 Å². The standard InChI is InChI=1S/C18H23NO3/c20-11-10-19(16-6-7-16)18(22)9-8-17(21)15-5-4-13-2-1-3-14(13)12-15/h4-5,12,16,20H,1-3,6-11H2. The highest BCUT2D eigenvalue weighted by atomic mass is 16.3. The molecule has 0 saturated heterocycles. The third-order valence-electron chi connectivity index (χ3n) is 4.64. The van der Waals surface area contributed by atoms with Gasteiger partial charge in [-0.1, -0.05) is 12.1 Å². The molecule has 0 atom stereocenters. The first-order valence-electron chi connectivity index (χ1n) is 8.24. The van der Waals surface area contributed by atoms with Crippen LogP contribution < -0.4 is 0 Å². The lowest BCUT2D eigenvalue weighted by atomic mass is 10.0. The van der Waals surface area contributed by atoms with Crippen LogP contribution in [0.3, 0.4) is 0 Å². The molecule has 2 aliphatic carbocycles. The van der Waals surface area contributed by atoms with Crippen LogP contribution in [0.25, 0.3) is 0 Å². The van der Waals surface area contributed by atoms with Crippen molar-refractivity contribution in [3.8, 4) is 0 Å².